The number of nitrogens with zero attached hydrogens (tertiary/aromatic N) is 3. The summed E-state index contributed by atoms with van der Waals surface area (Å²) in [5, 5.41) is 9.23. The van der Waals surface area contributed by atoms with Crippen LogP contribution in [-0.4, -0.2) is 41.4 Å². The molecule has 1 aliphatic heterocycles. The van der Waals surface area contributed by atoms with Crippen molar-refractivity contribution in [1.29, 1.82) is 0 Å². The Morgan fingerprint density at radius 2 is 2.32 bits per heavy atom. The Morgan fingerprint density at radius 1 is 1.53 bits per heavy atom. The van der Waals surface area contributed by atoms with Crippen molar-refractivity contribution < 1.29 is 14.6 Å². The van der Waals surface area contributed by atoms with E-state index in [1.807, 2.05) is 4.90 Å². The first-order valence-corrected chi connectivity index (χ1v) is 6.14. The monoisotopic (exact) mass is 259 g/mol. The quantitative estimate of drug-likeness (QED) is 0.819. The molecule has 0 bridgehead atoms. The summed E-state index contributed by atoms with van der Waals surface area (Å²) in [5.74, 6) is -0.415. The highest BCUT2D eigenvalue weighted by molar-refractivity contribution is 5.93. The standard InChI is InChI=1S/C13H13N3O3/c1-14-10-3-2-9(12(17)18)11(15-10)16-6-7-19-13(8-16)4-5-13/h2-3H,4-8H2,(H,17,18). The van der Waals surface area contributed by atoms with E-state index in [2.05, 4.69) is 9.83 Å². The van der Waals surface area contributed by atoms with Crippen molar-refractivity contribution in [3.05, 3.63) is 29.1 Å². The summed E-state index contributed by atoms with van der Waals surface area (Å²) < 4.78 is 5.71. The van der Waals surface area contributed by atoms with Gasteiger partial charge in [-0.25, -0.2) is 4.79 Å². The molecule has 0 aromatic carbocycles. The highest BCUT2D eigenvalue weighted by atomic mass is 16.5. The van der Waals surface area contributed by atoms with Crippen LogP contribution in [0, 0.1) is 6.57 Å². The first-order valence-electron chi connectivity index (χ1n) is 6.14. The zero-order chi connectivity index (χ0) is 13.5. The van der Waals surface area contributed by atoms with E-state index in [0.29, 0.717) is 25.5 Å². The van der Waals surface area contributed by atoms with Gasteiger partial charge in [-0.1, -0.05) is 12.6 Å². The fourth-order valence-corrected chi connectivity index (χ4v) is 2.38. The molecule has 0 atom stereocenters. The smallest absolute Gasteiger partial charge is 0.341 e. The number of rotatable bonds is 2. The molecule has 2 fully saturated rings. The molecule has 1 saturated heterocycles. The number of hydrogen-bond acceptors (Lipinski definition) is 4. The molecule has 6 nitrogen and oxygen atoms in total. The Hall–Kier alpha value is -2.13. The van der Waals surface area contributed by atoms with Crippen LogP contribution in [0.3, 0.4) is 0 Å². The third kappa shape index (κ3) is 2.13. The summed E-state index contributed by atoms with van der Waals surface area (Å²) in [6.07, 6.45) is 2.02. The van der Waals surface area contributed by atoms with Gasteiger partial charge in [-0.05, 0) is 18.9 Å². The van der Waals surface area contributed by atoms with Crippen LogP contribution in [0.1, 0.15) is 23.2 Å². The number of pyridine rings is 1. The average molecular weight is 259 g/mol. The van der Waals surface area contributed by atoms with E-state index in [0.717, 1.165) is 12.8 Å². The van der Waals surface area contributed by atoms with Crippen LogP contribution in [0.5, 0.6) is 0 Å². The zero-order valence-electron chi connectivity index (χ0n) is 10.3. The minimum Gasteiger partial charge on any atom is -0.477 e. The molecule has 1 saturated carbocycles. The van der Waals surface area contributed by atoms with Crippen molar-refractivity contribution in [2.24, 2.45) is 0 Å². The van der Waals surface area contributed by atoms with Gasteiger partial charge in [0.15, 0.2) is 0 Å². The molecule has 0 unspecified atom stereocenters. The van der Waals surface area contributed by atoms with Gasteiger partial charge < -0.3 is 19.6 Å². The van der Waals surface area contributed by atoms with Crippen LogP contribution in [0.15, 0.2) is 12.1 Å². The van der Waals surface area contributed by atoms with Gasteiger partial charge >= 0.3 is 5.97 Å². The lowest BCUT2D eigenvalue weighted by molar-refractivity contribution is 0.0202. The van der Waals surface area contributed by atoms with Crippen LogP contribution in [-0.2, 0) is 4.74 Å². The number of carboxylic acids is 1. The van der Waals surface area contributed by atoms with E-state index in [1.165, 1.54) is 12.1 Å². The molecule has 1 aromatic heterocycles. The molecule has 0 radical (unpaired) electrons. The first-order chi connectivity index (χ1) is 9.13. The Morgan fingerprint density at radius 3 is 2.95 bits per heavy atom. The summed E-state index contributed by atoms with van der Waals surface area (Å²) in [6, 6.07) is 2.89. The molecule has 1 N–H and O–H groups in total. The van der Waals surface area contributed by atoms with Crippen molar-refractivity contribution in [1.82, 2.24) is 4.98 Å². The Labute approximate surface area is 110 Å². The van der Waals surface area contributed by atoms with Crippen LogP contribution in [0.2, 0.25) is 0 Å². The Bertz CT molecular complexity index is 575. The molecule has 0 amide bonds. The lowest BCUT2D eigenvalue weighted by Gasteiger charge is -2.33. The maximum Gasteiger partial charge on any atom is 0.341 e. The molecule has 1 spiro atoms. The first kappa shape index (κ1) is 11.9. The summed E-state index contributed by atoms with van der Waals surface area (Å²) in [6.45, 7) is 8.83. The van der Waals surface area contributed by atoms with E-state index in [-0.39, 0.29) is 17.0 Å². The average Bonchev–Trinajstić information content (AvgIpc) is 3.17. The summed E-state index contributed by atoms with van der Waals surface area (Å²) >= 11 is 0. The number of morpholine rings is 1. The summed E-state index contributed by atoms with van der Waals surface area (Å²) in [4.78, 5) is 20.6. The molecule has 2 aliphatic rings. The lowest BCUT2D eigenvalue weighted by Crippen LogP contribution is -2.44. The van der Waals surface area contributed by atoms with Gasteiger partial charge in [-0.3, -0.25) is 0 Å². The molecule has 6 heteroatoms. The SMILES string of the molecule is [C-]#[N+]c1ccc(C(=O)O)c(N2CCOC3(CC3)C2)n1. The van der Waals surface area contributed by atoms with Crippen molar-refractivity contribution in [2.45, 2.75) is 18.4 Å². The van der Waals surface area contributed by atoms with Gasteiger partial charge in [-0.2, -0.15) is 0 Å². The number of aromatic carboxylic acids is 1. The van der Waals surface area contributed by atoms with Crippen LogP contribution in [0.4, 0.5) is 11.6 Å². The second-order valence-electron chi connectivity index (χ2n) is 4.91. The van der Waals surface area contributed by atoms with E-state index in [9.17, 15) is 9.90 Å². The molecule has 19 heavy (non-hydrogen) atoms. The third-order valence-electron chi connectivity index (χ3n) is 3.56. The Balaban J connectivity index is 1.97. The van der Waals surface area contributed by atoms with Crippen molar-refractivity contribution in [3.63, 3.8) is 0 Å². The minimum atomic E-state index is -1.02. The summed E-state index contributed by atoms with van der Waals surface area (Å²) in [7, 11) is 0. The second-order valence-corrected chi connectivity index (χ2v) is 4.91. The van der Waals surface area contributed by atoms with Crippen LogP contribution < -0.4 is 4.90 Å². The Kier molecular flexibility index (Phi) is 2.64. The molecule has 2 heterocycles. The molecule has 98 valence electrons. The highest BCUT2D eigenvalue weighted by Crippen LogP contribution is 2.43. The lowest BCUT2D eigenvalue weighted by atomic mass is 10.2. The number of anilines is 1. The van der Waals surface area contributed by atoms with Gasteiger partial charge in [-0.15, -0.1) is 4.98 Å². The van der Waals surface area contributed by atoms with Gasteiger partial charge in [0.2, 0.25) is 5.82 Å². The number of carbonyl (C=O) groups is 1. The maximum atomic E-state index is 11.3. The van der Waals surface area contributed by atoms with E-state index in [1.54, 1.807) is 0 Å². The molecule has 1 aliphatic carbocycles. The fourth-order valence-electron chi connectivity index (χ4n) is 2.38. The normalized spacial score (nSPS) is 20.1. The van der Waals surface area contributed by atoms with Crippen molar-refractivity contribution in [2.75, 3.05) is 24.6 Å². The van der Waals surface area contributed by atoms with Crippen LogP contribution >= 0.6 is 0 Å². The third-order valence-corrected chi connectivity index (χ3v) is 3.56. The molecular weight excluding hydrogens is 246 g/mol. The van der Waals surface area contributed by atoms with Gasteiger partial charge in [0.05, 0.1) is 18.8 Å². The predicted molar refractivity (Wildman–Crippen MR) is 67.6 cm³/mol. The van der Waals surface area contributed by atoms with Crippen LogP contribution in [0.25, 0.3) is 4.85 Å². The summed E-state index contributed by atoms with van der Waals surface area (Å²) in [5.41, 5.74) is 0.0363. The maximum absolute atomic E-state index is 11.3. The topological polar surface area (TPSA) is 67.0 Å². The fraction of sp³-hybridized carbons (Fsp3) is 0.462. The molecular formula is C13H13N3O3. The second kappa shape index (κ2) is 4.21. The predicted octanol–water partition coefficient (Wildman–Crippen LogP) is 1.70. The number of aromatic nitrogens is 1. The van der Waals surface area contributed by atoms with E-state index < -0.39 is 5.97 Å². The van der Waals surface area contributed by atoms with Gasteiger partial charge in [0.1, 0.15) is 5.56 Å². The van der Waals surface area contributed by atoms with Gasteiger partial charge in [0.25, 0.3) is 5.82 Å². The zero-order valence-corrected chi connectivity index (χ0v) is 10.3. The van der Waals surface area contributed by atoms with E-state index in [4.69, 9.17) is 11.3 Å². The minimum absolute atomic E-state index is 0.107. The van der Waals surface area contributed by atoms with Crippen molar-refractivity contribution >= 4 is 17.6 Å². The van der Waals surface area contributed by atoms with Gasteiger partial charge in [0, 0.05) is 6.54 Å². The molecule has 3 rings (SSSR count). The highest BCUT2D eigenvalue weighted by Gasteiger charge is 2.48. The number of carboxylic acid groups (broad SMARTS) is 1. The molecule has 1 aromatic rings. The largest absolute Gasteiger partial charge is 0.477 e. The number of hydrogen-bond donors (Lipinski definition) is 1. The number of ether oxygens (including phenoxy) is 1. The van der Waals surface area contributed by atoms with E-state index >= 15 is 0 Å². The van der Waals surface area contributed by atoms with Crippen molar-refractivity contribution in [3.8, 4) is 0 Å².